The molecule has 2 rings (SSSR count). The standard InChI is InChI=1S/C14H19N3S/c1-5-15-8-12-11(4)17-14(18-12)13-10(3)6-9(2)7-16-13/h6-7,15H,5,8H2,1-4H3. The monoisotopic (exact) mass is 261 g/mol. The van der Waals surface area contributed by atoms with Gasteiger partial charge in [-0.05, 0) is 38.4 Å². The van der Waals surface area contributed by atoms with E-state index in [1.54, 1.807) is 11.3 Å². The Morgan fingerprint density at radius 2 is 2.06 bits per heavy atom. The number of aromatic nitrogens is 2. The topological polar surface area (TPSA) is 37.8 Å². The van der Waals surface area contributed by atoms with Gasteiger partial charge in [0, 0.05) is 17.6 Å². The van der Waals surface area contributed by atoms with Crippen LogP contribution in [0.4, 0.5) is 0 Å². The average Bonchev–Trinajstić information content (AvgIpc) is 2.68. The molecular formula is C14H19N3S. The van der Waals surface area contributed by atoms with E-state index >= 15 is 0 Å². The molecule has 0 saturated carbocycles. The molecule has 2 heterocycles. The lowest BCUT2D eigenvalue weighted by Gasteiger charge is -2.01. The highest BCUT2D eigenvalue weighted by Crippen LogP contribution is 2.28. The van der Waals surface area contributed by atoms with Gasteiger partial charge in [0.05, 0.1) is 5.69 Å². The Bertz CT molecular complexity index is 546. The third-order valence-electron chi connectivity index (χ3n) is 2.85. The lowest BCUT2D eigenvalue weighted by Crippen LogP contribution is -2.11. The van der Waals surface area contributed by atoms with Crippen LogP contribution in [0.2, 0.25) is 0 Å². The van der Waals surface area contributed by atoms with Crippen molar-refractivity contribution >= 4 is 11.3 Å². The number of pyridine rings is 1. The van der Waals surface area contributed by atoms with Crippen molar-refractivity contribution < 1.29 is 0 Å². The fourth-order valence-electron chi connectivity index (χ4n) is 1.87. The van der Waals surface area contributed by atoms with Crippen molar-refractivity contribution in [2.24, 2.45) is 0 Å². The predicted molar refractivity (Wildman–Crippen MR) is 76.9 cm³/mol. The van der Waals surface area contributed by atoms with E-state index in [9.17, 15) is 0 Å². The van der Waals surface area contributed by atoms with Crippen LogP contribution in [0.15, 0.2) is 12.3 Å². The summed E-state index contributed by atoms with van der Waals surface area (Å²) in [5, 5.41) is 4.37. The number of hydrogen-bond acceptors (Lipinski definition) is 4. The molecule has 0 fully saturated rings. The number of hydrogen-bond donors (Lipinski definition) is 1. The van der Waals surface area contributed by atoms with E-state index in [1.165, 1.54) is 16.0 Å². The normalized spacial score (nSPS) is 10.9. The highest BCUT2D eigenvalue weighted by molar-refractivity contribution is 7.15. The molecule has 0 saturated heterocycles. The van der Waals surface area contributed by atoms with E-state index in [0.29, 0.717) is 0 Å². The summed E-state index contributed by atoms with van der Waals surface area (Å²) in [5.41, 5.74) is 4.50. The van der Waals surface area contributed by atoms with Gasteiger partial charge in [-0.3, -0.25) is 4.98 Å². The molecule has 0 aliphatic rings. The van der Waals surface area contributed by atoms with Crippen LogP contribution >= 0.6 is 11.3 Å². The van der Waals surface area contributed by atoms with Crippen molar-refractivity contribution in [1.29, 1.82) is 0 Å². The summed E-state index contributed by atoms with van der Waals surface area (Å²) in [6.07, 6.45) is 1.91. The van der Waals surface area contributed by atoms with E-state index < -0.39 is 0 Å². The average molecular weight is 261 g/mol. The van der Waals surface area contributed by atoms with Crippen LogP contribution in [-0.2, 0) is 6.54 Å². The van der Waals surface area contributed by atoms with Gasteiger partial charge in [0.15, 0.2) is 0 Å². The van der Waals surface area contributed by atoms with E-state index in [4.69, 9.17) is 0 Å². The molecule has 4 heteroatoms. The zero-order chi connectivity index (χ0) is 13.1. The lowest BCUT2D eigenvalue weighted by molar-refractivity contribution is 0.731. The maximum absolute atomic E-state index is 4.64. The van der Waals surface area contributed by atoms with Crippen molar-refractivity contribution in [1.82, 2.24) is 15.3 Å². The van der Waals surface area contributed by atoms with Gasteiger partial charge in [-0.15, -0.1) is 11.3 Å². The van der Waals surface area contributed by atoms with Gasteiger partial charge in [0.1, 0.15) is 10.7 Å². The van der Waals surface area contributed by atoms with Crippen molar-refractivity contribution in [3.63, 3.8) is 0 Å². The summed E-state index contributed by atoms with van der Waals surface area (Å²) in [4.78, 5) is 10.5. The summed E-state index contributed by atoms with van der Waals surface area (Å²) in [7, 11) is 0. The zero-order valence-corrected chi connectivity index (χ0v) is 12.2. The second kappa shape index (κ2) is 5.59. The summed E-state index contributed by atoms with van der Waals surface area (Å²) in [5.74, 6) is 0. The van der Waals surface area contributed by atoms with Crippen LogP contribution < -0.4 is 5.32 Å². The number of aryl methyl sites for hydroxylation is 3. The first kappa shape index (κ1) is 13.2. The molecule has 2 aromatic rings. The summed E-state index contributed by atoms with van der Waals surface area (Å²) in [6, 6.07) is 2.16. The Morgan fingerprint density at radius 1 is 1.28 bits per heavy atom. The first-order valence-corrected chi connectivity index (χ1v) is 7.04. The molecule has 0 unspecified atom stereocenters. The highest BCUT2D eigenvalue weighted by Gasteiger charge is 2.12. The molecule has 2 aromatic heterocycles. The molecule has 0 atom stereocenters. The Morgan fingerprint density at radius 3 is 2.72 bits per heavy atom. The van der Waals surface area contributed by atoms with Crippen molar-refractivity contribution in [2.45, 2.75) is 34.2 Å². The van der Waals surface area contributed by atoms with Crippen LogP contribution in [0.5, 0.6) is 0 Å². The maximum atomic E-state index is 4.64. The molecule has 1 N–H and O–H groups in total. The summed E-state index contributed by atoms with van der Waals surface area (Å²) < 4.78 is 0. The second-order valence-electron chi connectivity index (χ2n) is 4.49. The number of rotatable bonds is 4. The molecule has 18 heavy (non-hydrogen) atoms. The Balaban J connectivity index is 2.33. The zero-order valence-electron chi connectivity index (χ0n) is 11.4. The van der Waals surface area contributed by atoms with E-state index in [1.807, 2.05) is 6.20 Å². The van der Waals surface area contributed by atoms with Crippen molar-refractivity contribution in [3.05, 3.63) is 34.0 Å². The van der Waals surface area contributed by atoms with Gasteiger partial charge in [-0.2, -0.15) is 0 Å². The molecular weight excluding hydrogens is 242 g/mol. The minimum atomic E-state index is 0.894. The molecule has 0 aliphatic carbocycles. The smallest absolute Gasteiger partial charge is 0.142 e. The summed E-state index contributed by atoms with van der Waals surface area (Å²) >= 11 is 1.74. The number of nitrogens with one attached hydrogen (secondary N) is 1. The van der Waals surface area contributed by atoms with Gasteiger partial charge >= 0.3 is 0 Å². The molecule has 96 valence electrons. The van der Waals surface area contributed by atoms with Crippen LogP contribution in [0, 0.1) is 20.8 Å². The Kier molecular flexibility index (Phi) is 4.09. The highest BCUT2D eigenvalue weighted by atomic mass is 32.1. The molecule has 0 bridgehead atoms. The Labute approximate surface area is 112 Å². The number of nitrogens with zero attached hydrogens (tertiary/aromatic N) is 2. The van der Waals surface area contributed by atoms with Crippen molar-refractivity contribution in [3.8, 4) is 10.7 Å². The minimum Gasteiger partial charge on any atom is -0.312 e. The Hall–Kier alpha value is -1.26. The predicted octanol–water partition coefficient (Wildman–Crippen LogP) is 3.24. The molecule has 0 spiro atoms. The van der Waals surface area contributed by atoms with Crippen molar-refractivity contribution in [2.75, 3.05) is 6.54 Å². The van der Waals surface area contributed by atoms with Gasteiger partial charge < -0.3 is 5.32 Å². The lowest BCUT2D eigenvalue weighted by atomic mass is 10.2. The van der Waals surface area contributed by atoms with Crippen LogP contribution in [0.1, 0.15) is 28.6 Å². The van der Waals surface area contributed by atoms with E-state index in [2.05, 4.69) is 49.0 Å². The van der Waals surface area contributed by atoms with E-state index in [0.717, 1.165) is 29.5 Å². The SMILES string of the molecule is CCNCc1sc(-c2ncc(C)cc2C)nc1C. The molecule has 3 nitrogen and oxygen atoms in total. The van der Waals surface area contributed by atoms with Gasteiger partial charge in [0.25, 0.3) is 0 Å². The third-order valence-corrected chi connectivity index (χ3v) is 4.01. The first-order chi connectivity index (χ1) is 8.61. The van der Waals surface area contributed by atoms with Crippen LogP contribution in [-0.4, -0.2) is 16.5 Å². The quantitative estimate of drug-likeness (QED) is 0.918. The van der Waals surface area contributed by atoms with Gasteiger partial charge in [-0.25, -0.2) is 4.98 Å². The second-order valence-corrected chi connectivity index (χ2v) is 5.57. The largest absolute Gasteiger partial charge is 0.312 e. The third kappa shape index (κ3) is 2.76. The fourth-order valence-corrected chi connectivity index (χ4v) is 2.96. The maximum Gasteiger partial charge on any atom is 0.142 e. The van der Waals surface area contributed by atoms with Crippen LogP contribution in [0.3, 0.4) is 0 Å². The van der Waals surface area contributed by atoms with Gasteiger partial charge in [0.2, 0.25) is 0 Å². The van der Waals surface area contributed by atoms with Crippen LogP contribution in [0.25, 0.3) is 10.7 Å². The summed E-state index contributed by atoms with van der Waals surface area (Å²) in [6.45, 7) is 10.2. The number of thiazole rings is 1. The first-order valence-electron chi connectivity index (χ1n) is 6.22. The van der Waals surface area contributed by atoms with E-state index in [-0.39, 0.29) is 0 Å². The minimum absolute atomic E-state index is 0.894. The van der Waals surface area contributed by atoms with Gasteiger partial charge in [-0.1, -0.05) is 13.0 Å². The molecule has 0 amide bonds. The molecule has 0 aliphatic heterocycles. The molecule has 0 aromatic carbocycles. The molecule has 0 radical (unpaired) electrons. The fraction of sp³-hybridized carbons (Fsp3) is 0.429.